The lowest BCUT2D eigenvalue weighted by Crippen LogP contribution is -2.08. The van der Waals surface area contributed by atoms with Crippen molar-refractivity contribution >= 4 is 29.5 Å². The first-order valence-electron chi connectivity index (χ1n) is 7.71. The fourth-order valence-corrected chi connectivity index (χ4v) is 2.32. The van der Waals surface area contributed by atoms with Crippen molar-refractivity contribution in [3.63, 3.8) is 0 Å². The lowest BCUT2D eigenvalue weighted by atomic mass is 10.2. The van der Waals surface area contributed by atoms with Crippen LogP contribution in [0.5, 0.6) is 11.5 Å². The van der Waals surface area contributed by atoms with Gasteiger partial charge in [-0.1, -0.05) is 17.7 Å². The number of hydrogen-bond acceptors (Lipinski definition) is 5. The number of nitrogens with zero attached hydrogens (tertiary/aromatic N) is 1. The summed E-state index contributed by atoms with van der Waals surface area (Å²) in [6.07, 6.45) is 1.61. The van der Waals surface area contributed by atoms with Gasteiger partial charge in [-0.05, 0) is 44.2 Å². The number of carbonyl (C=O) groups excluding carboxylic acids is 1. The second-order valence-corrected chi connectivity index (χ2v) is 5.87. The molecule has 0 fully saturated rings. The average Bonchev–Trinajstić information content (AvgIpc) is 2.60. The molecule has 6 heteroatoms. The number of benzene rings is 2. The number of para-hydroxylation sites is 1. The molecule has 2 aromatic rings. The minimum absolute atomic E-state index is 0.0188. The molecule has 0 aliphatic carbocycles. The highest BCUT2D eigenvalue weighted by atomic mass is 35.5. The zero-order valence-electron chi connectivity index (χ0n) is 14.6. The van der Waals surface area contributed by atoms with Crippen LogP contribution < -0.4 is 9.47 Å². The summed E-state index contributed by atoms with van der Waals surface area (Å²) < 4.78 is 15.9. The van der Waals surface area contributed by atoms with Crippen LogP contribution in [0.3, 0.4) is 0 Å². The molecule has 0 aliphatic rings. The molecule has 0 atom stereocenters. The normalized spacial score (nSPS) is 11.0. The maximum atomic E-state index is 11.7. The summed E-state index contributed by atoms with van der Waals surface area (Å²) in [4.78, 5) is 16.1. The van der Waals surface area contributed by atoms with E-state index in [1.54, 1.807) is 31.5 Å². The SMILES string of the molecule is COC(=O)c1ccc(Cl)c(N=Cc2cccc(OC)c2OC(C)C)c1. The van der Waals surface area contributed by atoms with E-state index in [-0.39, 0.29) is 6.10 Å². The molecule has 5 nitrogen and oxygen atoms in total. The van der Waals surface area contributed by atoms with Crippen molar-refractivity contribution in [3.05, 3.63) is 52.5 Å². The second-order valence-electron chi connectivity index (χ2n) is 5.46. The highest BCUT2D eigenvalue weighted by Crippen LogP contribution is 2.32. The summed E-state index contributed by atoms with van der Waals surface area (Å²) in [5.41, 5.74) is 1.58. The number of esters is 1. The molecule has 0 amide bonds. The van der Waals surface area contributed by atoms with Crippen LogP contribution in [0.15, 0.2) is 41.4 Å². The van der Waals surface area contributed by atoms with E-state index >= 15 is 0 Å². The Kier molecular flexibility index (Phi) is 6.42. The van der Waals surface area contributed by atoms with Gasteiger partial charge in [0, 0.05) is 11.8 Å². The third-order valence-electron chi connectivity index (χ3n) is 3.29. The number of hydrogen-bond donors (Lipinski definition) is 0. The molecule has 0 bridgehead atoms. The smallest absolute Gasteiger partial charge is 0.337 e. The van der Waals surface area contributed by atoms with Crippen LogP contribution in [0.4, 0.5) is 5.69 Å². The number of halogens is 1. The van der Waals surface area contributed by atoms with Gasteiger partial charge in [-0.2, -0.15) is 0 Å². The summed E-state index contributed by atoms with van der Waals surface area (Å²) in [7, 11) is 2.91. The highest BCUT2D eigenvalue weighted by molar-refractivity contribution is 6.33. The number of rotatable bonds is 6. The molecular weight excluding hydrogens is 342 g/mol. The van der Waals surface area contributed by atoms with Gasteiger partial charge in [0.1, 0.15) is 0 Å². The number of methoxy groups -OCH3 is 2. The van der Waals surface area contributed by atoms with Crippen molar-refractivity contribution in [3.8, 4) is 11.5 Å². The molecule has 25 heavy (non-hydrogen) atoms. The quantitative estimate of drug-likeness (QED) is 0.554. The molecule has 0 saturated heterocycles. The number of ether oxygens (including phenoxy) is 3. The standard InChI is InChI=1S/C19H20ClNO4/c1-12(2)25-18-14(6-5-7-17(18)23-3)11-21-16-10-13(19(22)24-4)8-9-15(16)20/h5-12H,1-4H3. The zero-order chi connectivity index (χ0) is 18.4. The Morgan fingerprint density at radius 1 is 1.20 bits per heavy atom. The molecule has 2 aromatic carbocycles. The van der Waals surface area contributed by atoms with Crippen LogP contribution in [-0.2, 0) is 4.74 Å². The topological polar surface area (TPSA) is 57.1 Å². The minimum Gasteiger partial charge on any atom is -0.493 e. The summed E-state index contributed by atoms with van der Waals surface area (Å²) >= 11 is 6.17. The first-order chi connectivity index (χ1) is 12.0. The largest absolute Gasteiger partial charge is 0.493 e. The lowest BCUT2D eigenvalue weighted by molar-refractivity contribution is 0.0601. The van der Waals surface area contributed by atoms with Gasteiger partial charge in [-0.3, -0.25) is 4.99 Å². The molecule has 0 aromatic heterocycles. The number of aliphatic imine (C=N–C) groups is 1. The molecule has 0 unspecified atom stereocenters. The van der Waals surface area contributed by atoms with Gasteiger partial charge >= 0.3 is 5.97 Å². The van der Waals surface area contributed by atoms with Crippen molar-refractivity contribution in [2.45, 2.75) is 20.0 Å². The molecule has 0 spiro atoms. The van der Waals surface area contributed by atoms with E-state index < -0.39 is 5.97 Å². The van der Waals surface area contributed by atoms with Crippen LogP contribution in [0.2, 0.25) is 5.02 Å². The summed E-state index contributed by atoms with van der Waals surface area (Å²) in [6, 6.07) is 10.3. The second kappa shape index (κ2) is 8.53. The fraction of sp³-hybridized carbons (Fsp3) is 0.263. The lowest BCUT2D eigenvalue weighted by Gasteiger charge is -2.15. The van der Waals surface area contributed by atoms with Crippen molar-refractivity contribution in [1.82, 2.24) is 0 Å². The third kappa shape index (κ3) is 4.73. The summed E-state index contributed by atoms with van der Waals surface area (Å²) in [5.74, 6) is 0.773. The maximum Gasteiger partial charge on any atom is 0.337 e. The average molecular weight is 362 g/mol. The van der Waals surface area contributed by atoms with Crippen molar-refractivity contribution in [2.24, 2.45) is 4.99 Å². The summed E-state index contributed by atoms with van der Waals surface area (Å²) in [6.45, 7) is 3.87. The first kappa shape index (κ1) is 18.8. The fourth-order valence-electron chi connectivity index (χ4n) is 2.15. The molecule has 0 N–H and O–H groups in total. The van der Waals surface area contributed by atoms with Crippen molar-refractivity contribution in [1.29, 1.82) is 0 Å². The number of carbonyl (C=O) groups is 1. The Balaban J connectivity index is 2.41. The maximum absolute atomic E-state index is 11.7. The van der Waals surface area contributed by atoms with Crippen molar-refractivity contribution in [2.75, 3.05) is 14.2 Å². The van der Waals surface area contributed by atoms with E-state index in [1.165, 1.54) is 7.11 Å². The van der Waals surface area contributed by atoms with Crippen LogP contribution in [0.25, 0.3) is 0 Å². The van der Waals surface area contributed by atoms with Gasteiger partial charge < -0.3 is 14.2 Å². The van der Waals surface area contributed by atoms with Crippen LogP contribution in [0, 0.1) is 0 Å². The Bertz CT molecular complexity index is 787. The van der Waals surface area contributed by atoms with Crippen LogP contribution >= 0.6 is 11.6 Å². The van der Waals surface area contributed by atoms with Gasteiger partial charge in [0.05, 0.1) is 36.6 Å². The van der Waals surface area contributed by atoms with E-state index in [9.17, 15) is 4.79 Å². The van der Waals surface area contributed by atoms with Gasteiger partial charge in [0.25, 0.3) is 0 Å². The molecule has 132 valence electrons. The summed E-state index contributed by atoms with van der Waals surface area (Å²) in [5, 5.41) is 0.429. The van der Waals surface area contributed by atoms with E-state index in [4.69, 9.17) is 25.8 Å². The first-order valence-corrected chi connectivity index (χ1v) is 8.09. The van der Waals surface area contributed by atoms with Crippen molar-refractivity contribution < 1.29 is 19.0 Å². The Morgan fingerprint density at radius 3 is 2.60 bits per heavy atom. The molecule has 0 saturated carbocycles. The molecule has 0 aliphatic heterocycles. The third-order valence-corrected chi connectivity index (χ3v) is 3.61. The predicted octanol–water partition coefficient (Wildman–Crippen LogP) is 4.67. The van der Waals surface area contributed by atoms with Gasteiger partial charge in [0.2, 0.25) is 0 Å². The predicted molar refractivity (Wildman–Crippen MR) is 98.8 cm³/mol. The van der Waals surface area contributed by atoms with E-state index in [1.807, 2.05) is 32.0 Å². The van der Waals surface area contributed by atoms with Gasteiger partial charge in [-0.15, -0.1) is 0 Å². The Labute approximate surface area is 152 Å². The van der Waals surface area contributed by atoms with Crippen LogP contribution in [-0.4, -0.2) is 32.5 Å². The van der Waals surface area contributed by atoms with E-state index in [2.05, 4.69) is 4.99 Å². The Hall–Kier alpha value is -2.53. The molecule has 2 rings (SSSR count). The van der Waals surface area contributed by atoms with Crippen LogP contribution in [0.1, 0.15) is 29.8 Å². The van der Waals surface area contributed by atoms with E-state index in [0.717, 1.165) is 5.56 Å². The monoisotopic (exact) mass is 361 g/mol. The highest BCUT2D eigenvalue weighted by Gasteiger charge is 2.12. The zero-order valence-corrected chi connectivity index (χ0v) is 15.3. The molecule has 0 heterocycles. The van der Waals surface area contributed by atoms with Gasteiger partial charge in [0.15, 0.2) is 11.5 Å². The minimum atomic E-state index is -0.446. The Morgan fingerprint density at radius 2 is 1.96 bits per heavy atom. The molecular formula is C19H20ClNO4. The van der Waals surface area contributed by atoms with E-state index in [0.29, 0.717) is 27.8 Å². The molecule has 0 radical (unpaired) electrons. The van der Waals surface area contributed by atoms with Gasteiger partial charge in [-0.25, -0.2) is 4.79 Å².